The first-order chi connectivity index (χ1) is 15.7. The molecule has 0 unspecified atom stereocenters. The fourth-order valence-electron chi connectivity index (χ4n) is 3.75. The van der Waals surface area contributed by atoms with Gasteiger partial charge in [0, 0.05) is 0 Å². The van der Waals surface area contributed by atoms with E-state index in [0.717, 1.165) is 0 Å². The summed E-state index contributed by atoms with van der Waals surface area (Å²) in [6.45, 7) is 26.8. The second-order valence-electron chi connectivity index (χ2n) is 12.6. The van der Waals surface area contributed by atoms with Gasteiger partial charge in [0.2, 0.25) is 0 Å². The predicted molar refractivity (Wildman–Crippen MR) is 123 cm³/mol. The fourth-order valence-corrected chi connectivity index (χ4v) is 3.75. The summed E-state index contributed by atoms with van der Waals surface area (Å²) in [5.41, 5.74) is 0.702. The molecule has 0 aromatic carbocycles. The number of hydrogen-bond acceptors (Lipinski definition) is 11. The summed E-state index contributed by atoms with van der Waals surface area (Å²) < 4.78 is 12.8. The van der Waals surface area contributed by atoms with Crippen molar-refractivity contribution < 1.29 is 34.7 Å². The average Bonchev–Trinajstić information content (AvgIpc) is 3.29. The molecule has 0 aliphatic heterocycles. The molecule has 13 heteroatoms. The lowest BCUT2D eigenvalue weighted by molar-refractivity contribution is -0.772. The van der Waals surface area contributed by atoms with Crippen LogP contribution in [0, 0.1) is 0 Å². The minimum atomic E-state index is -0.772. The van der Waals surface area contributed by atoms with Crippen molar-refractivity contribution in [3.63, 3.8) is 0 Å². The minimum absolute atomic E-state index is 0.121. The summed E-state index contributed by atoms with van der Waals surface area (Å²) in [7, 11) is 0. The number of nitrogens with zero attached hydrogens (tertiary/aromatic N) is 6. The van der Waals surface area contributed by atoms with Crippen molar-refractivity contribution in [2.24, 2.45) is 0 Å². The lowest BCUT2D eigenvalue weighted by Crippen LogP contribution is -3.02. The van der Waals surface area contributed by atoms with E-state index in [2.05, 4.69) is 139 Å². The highest BCUT2D eigenvalue weighted by molar-refractivity contribution is 5.76. The Morgan fingerprint density at radius 1 is 0.429 bits per heavy atom. The first-order valence-corrected chi connectivity index (χ1v) is 11.3. The Kier molecular flexibility index (Phi) is 9.52. The van der Waals surface area contributed by atoms with E-state index in [1.807, 2.05) is 0 Å². The molecule has 0 bridgehead atoms. The van der Waals surface area contributed by atoms with Crippen LogP contribution in [0.25, 0.3) is 22.8 Å². The van der Waals surface area contributed by atoms with Gasteiger partial charge in [0.25, 0.3) is 0 Å². The number of rotatable bonds is 2. The minimum Gasteiger partial charge on any atom is -0.855 e. The second-order valence-corrected chi connectivity index (χ2v) is 12.6. The van der Waals surface area contributed by atoms with E-state index < -0.39 is 11.8 Å². The molecule has 35 heavy (non-hydrogen) atoms. The van der Waals surface area contributed by atoms with E-state index in [1.165, 1.54) is 0 Å². The van der Waals surface area contributed by atoms with Crippen LogP contribution >= 0.6 is 0 Å². The third-order valence-corrected chi connectivity index (χ3v) is 3.59. The van der Waals surface area contributed by atoms with Crippen molar-refractivity contribution in [3.8, 4) is 34.5 Å². The van der Waals surface area contributed by atoms with Crippen LogP contribution in [0.15, 0.2) is 13.9 Å². The summed E-state index contributed by atoms with van der Waals surface area (Å²) in [5, 5.41) is 46.7. The van der Waals surface area contributed by atoms with Gasteiger partial charge in [0.05, 0.1) is 33.9 Å². The highest BCUT2D eigenvalue weighted by Gasteiger charge is 2.24. The molecule has 3 aromatic heterocycles. The number of aromatic nitrogens is 6. The standard InChI is InChI=1S/2C8H19N.C6H2N6O5/c2*1-7(2,3)9-8(4,5)6;13-5-3(9-16-11-5)1-2(8-15-7-1)4-6(14)12-17-10-4/h2*9H,1-6H3;(H,11,13)(H,12,14). The van der Waals surface area contributed by atoms with Crippen molar-refractivity contribution in [3.05, 3.63) is 0 Å². The topological polar surface area (TPSA) is 196 Å². The molecule has 0 fully saturated rings. The number of nitrogens with two attached hydrogens (primary N) is 2. The Morgan fingerprint density at radius 2 is 0.657 bits per heavy atom. The summed E-state index contributed by atoms with van der Waals surface area (Å²) in [6.07, 6.45) is 0. The molecule has 3 rings (SSSR count). The summed E-state index contributed by atoms with van der Waals surface area (Å²) in [5.74, 6) is -1.54. The van der Waals surface area contributed by atoms with E-state index >= 15 is 0 Å². The smallest absolute Gasteiger partial charge is 0.167 e. The Bertz CT molecular complexity index is 925. The average molecular weight is 497 g/mol. The maximum atomic E-state index is 11.2. The van der Waals surface area contributed by atoms with Crippen LogP contribution in [0.5, 0.6) is 11.8 Å². The summed E-state index contributed by atoms with van der Waals surface area (Å²) >= 11 is 0. The lowest BCUT2D eigenvalue weighted by atomic mass is 10.0. The van der Waals surface area contributed by atoms with Gasteiger partial charge in [-0.3, -0.25) is 0 Å². The largest absolute Gasteiger partial charge is 0.855 e. The van der Waals surface area contributed by atoms with Gasteiger partial charge in [-0.25, -0.2) is 13.9 Å². The molecule has 0 aliphatic carbocycles. The fraction of sp³-hybridized carbons (Fsp3) is 0.727. The van der Waals surface area contributed by atoms with Crippen molar-refractivity contribution in [1.82, 2.24) is 30.9 Å². The summed E-state index contributed by atoms with van der Waals surface area (Å²) in [6, 6.07) is 0. The van der Waals surface area contributed by atoms with E-state index in [1.54, 1.807) is 0 Å². The van der Waals surface area contributed by atoms with Crippen molar-refractivity contribution in [2.45, 2.75) is 105 Å². The van der Waals surface area contributed by atoms with E-state index in [4.69, 9.17) is 0 Å². The first kappa shape index (κ1) is 30.0. The van der Waals surface area contributed by atoms with Gasteiger partial charge in [-0.15, -0.1) is 0 Å². The van der Waals surface area contributed by atoms with Crippen LogP contribution in [-0.4, -0.2) is 53.1 Å². The van der Waals surface area contributed by atoms with Crippen LogP contribution in [-0.2, 0) is 0 Å². The lowest BCUT2D eigenvalue weighted by Gasteiger charge is -2.27. The Balaban J connectivity index is 0.000000292. The zero-order chi connectivity index (χ0) is 27.2. The Hall–Kier alpha value is -3.06. The van der Waals surface area contributed by atoms with Gasteiger partial charge in [-0.1, -0.05) is 10.3 Å². The van der Waals surface area contributed by atoms with Crippen LogP contribution in [0.4, 0.5) is 0 Å². The number of hydrogen-bond donors (Lipinski definition) is 2. The van der Waals surface area contributed by atoms with Gasteiger partial charge in [-0.05, 0) is 104 Å². The summed E-state index contributed by atoms with van der Waals surface area (Å²) in [4.78, 5) is 0. The zero-order valence-corrected chi connectivity index (χ0v) is 22.9. The van der Waals surface area contributed by atoms with E-state index in [9.17, 15) is 10.2 Å². The van der Waals surface area contributed by atoms with Gasteiger partial charge in [-0.2, -0.15) is 0 Å². The molecular formula is C22H40N8O5. The Labute approximate surface area is 205 Å². The maximum absolute atomic E-state index is 11.2. The second kappa shape index (κ2) is 11.1. The molecule has 3 aromatic rings. The zero-order valence-electron chi connectivity index (χ0n) is 22.9. The molecule has 4 N–H and O–H groups in total. The van der Waals surface area contributed by atoms with Gasteiger partial charge < -0.3 is 20.8 Å². The van der Waals surface area contributed by atoms with Crippen LogP contribution < -0.4 is 20.8 Å². The molecule has 0 aliphatic rings. The van der Waals surface area contributed by atoms with Crippen LogP contribution in [0.1, 0.15) is 83.1 Å². The third-order valence-electron chi connectivity index (χ3n) is 3.59. The highest BCUT2D eigenvalue weighted by Crippen LogP contribution is 2.32. The molecule has 3 heterocycles. The SMILES string of the molecule is CC(C)(C)[NH2+]C(C)(C)C.CC(C)(C)[NH2+]C(C)(C)C.[O-]c1nonc1-c1nonc1-c1nonc1[O-]. The highest BCUT2D eigenvalue weighted by atomic mass is 16.6. The molecule has 13 nitrogen and oxygen atoms in total. The molecule has 0 atom stereocenters. The molecule has 198 valence electrons. The molecule has 0 saturated carbocycles. The molecule has 0 radical (unpaired) electrons. The van der Waals surface area contributed by atoms with E-state index in [-0.39, 0.29) is 22.8 Å². The third kappa shape index (κ3) is 11.8. The monoisotopic (exact) mass is 496 g/mol. The van der Waals surface area contributed by atoms with Gasteiger partial charge in [0.1, 0.15) is 0 Å². The van der Waals surface area contributed by atoms with Crippen molar-refractivity contribution in [1.29, 1.82) is 0 Å². The predicted octanol–water partition coefficient (Wildman–Crippen LogP) is 0.610. The molecule has 0 saturated heterocycles. The maximum Gasteiger partial charge on any atom is 0.167 e. The number of quaternary nitrogens is 2. The van der Waals surface area contributed by atoms with E-state index in [0.29, 0.717) is 22.2 Å². The Morgan fingerprint density at radius 3 is 0.829 bits per heavy atom. The van der Waals surface area contributed by atoms with Crippen molar-refractivity contribution in [2.75, 3.05) is 0 Å². The normalized spacial score (nSPS) is 12.5. The quantitative estimate of drug-likeness (QED) is 0.504. The van der Waals surface area contributed by atoms with Crippen molar-refractivity contribution >= 4 is 0 Å². The molecule has 0 spiro atoms. The van der Waals surface area contributed by atoms with Crippen LogP contribution in [0.2, 0.25) is 0 Å². The molecular weight excluding hydrogens is 456 g/mol. The van der Waals surface area contributed by atoms with Gasteiger partial charge >= 0.3 is 0 Å². The first-order valence-electron chi connectivity index (χ1n) is 11.3. The molecule has 0 amide bonds. The van der Waals surface area contributed by atoms with Crippen LogP contribution in [0.3, 0.4) is 0 Å². The van der Waals surface area contributed by atoms with Gasteiger partial charge in [0.15, 0.2) is 22.8 Å².